The monoisotopic (exact) mass is 344 g/mol. The highest BCUT2D eigenvalue weighted by atomic mass is 35.5. The first-order valence-corrected chi connectivity index (χ1v) is 7.14. The maximum atomic E-state index is 12.3. The molecular formula is C14H17ClN2O6. The van der Waals surface area contributed by atoms with Gasteiger partial charge in [-0.2, -0.15) is 0 Å². The van der Waals surface area contributed by atoms with Crippen LogP contribution in [-0.4, -0.2) is 45.5 Å². The van der Waals surface area contributed by atoms with E-state index in [4.69, 9.17) is 21.4 Å². The molecule has 0 bridgehead atoms. The number of benzene rings is 1. The van der Waals surface area contributed by atoms with Gasteiger partial charge in [0.1, 0.15) is 6.54 Å². The van der Waals surface area contributed by atoms with Gasteiger partial charge >= 0.3 is 11.7 Å². The molecule has 0 aromatic heterocycles. The Morgan fingerprint density at radius 1 is 1.39 bits per heavy atom. The van der Waals surface area contributed by atoms with Gasteiger partial charge in [0.2, 0.25) is 0 Å². The summed E-state index contributed by atoms with van der Waals surface area (Å²) in [5.41, 5.74) is -0.369. The second-order valence-electron chi connectivity index (χ2n) is 5.08. The number of hydrogen-bond donors (Lipinski definition) is 1. The SMILES string of the molecule is CC(Oc1ccc(Cl)cc1[N+](=O)[O-])C(=O)N(CC(=O)O)C(C)C. The van der Waals surface area contributed by atoms with E-state index in [2.05, 4.69) is 0 Å². The van der Waals surface area contributed by atoms with Gasteiger partial charge in [0.05, 0.1) is 4.92 Å². The molecule has 8 nitrogen and oxygen atoms in total. The maximum absolute atomic E-state index is 12.3. The highest BCUT2D eigenvalue weighted by molar-refractivity contribution is 6.30. The lowest BCUT2D eigenvalue weighted by atomic mass is 10.2. The summed E-state index contributed by atoms with van der Waals surface area (Å²) in [6, 6.07) is 3.45. The Morgan fingerprint density at radius 2 is 2.00 bits per heavy atom. The molecule has 1 rings (SSSR count). The molecule has 126 valence electrons. The van der Waals surface area contributed by atoms with Crippen molar-refractivity contribution in [1.82, 2.24) is 4.90 Å². The Bertz CT molecular complexity index is 619. The number of hydrogen-bond acceptors (Lipinski definition) is 5. The standard InChI is InChI=1S/C14H17ClN2O6/c1-8(2)16(7-13(18)19)14(20)9(3)23-12-5-4-10(15)6-11(12)17(21)22/h4-6,8-9H,7H2,1-3H3,(H,18,19). The molecule has 0 heterocycles. The van der Waals surface area contributed by atoms with Gasteiger partial charge in [0.25, 0.3) is 5.91 Å². The topological polar surface area (TPSA) is 110 Å². The lowest BCUT2D eigenvalue weighted by Crippen LogP contribution is -2.46. The number of carbonyl (C=O) groups is 2. The largest absolute Gasteiger partial charge is 0.480 e. The van der Waals surface area contributed by atoms with Gasteiger partial charge in [-0.1, -0.05) is 11.6 Å². The summed E-state index contributed by atoms with van der Waals surface area (Å²) in [5, 5.41) is 20.0. The van der Waals surface area contributed by atoms with E-state index in [0.29, 0.717) is 0 Å². The highest BCUT2D eigenvalue weighted by Gasteiger charge is 2.28. The number of carboxylic acids is 1. The van der Waals surface area contributed by atoms with Gasteiger partial charge in [-0.3, -0.25) is 19.7 Å². The Kier molecular flexibility index (Phi) is 6.32. The molecule has 0 aliphatic carbocycles. The van der Waals surface area contributed by atoms with E-state index >= 15 is 0 Å². The van der Waals surface area contributed by atoms with Crippen LogP contribution in [0.5, 0.6) is 5.75 Å². The van der Waals surface area contributed by atoms with E-state index in [1.807, 2.05) is 0 Å². The summed E-state index contributed by atoms with van der Waals surface area (Å²) >= 11 is 5.71. The van der Waals surface area contributed by atoms with Crippen molar-refractivity contribution < 1.29 is 24.4 Å². The number of halogens is 1. The van der Waals surface area contributed by atoms with Crippen LogP contribution in [0.4, 0.5) is 5.69 Å². The predicted molar refractivity (Wildman–Crippen MR) is 82.7 cm³/mol. The summed E-state index contributed by atoms with van der Waals surface area (Å²) in [4.78, 5) is 34.6. The molecule has 9 heteroatoms. The minimum atomic E-state index is -1.16. The van der Waals surface area contributed by atoms with E-state index in [-0.39, 0.29) is 22.5 Å². The van der Waals surface area contributed by atoms with Gasteiger partial charge in [-0.25, -0.2) is 0 Å². The summed E-state index contributed by atoms with van der Waals surface area (Å²) in [5.74, 6) is -1.84. The molecule has 1 amide bonds. The number of nitro groups is 1. The summed E-state index contributed by atoms with van der Waals surface area (Å²) in [6.07, 6.45) is -1.09. The summed E-state index contributed by atoms with van der Waals surface area (Å²) in [6.45, 7) is 4.25. The summed E-state index contributed by atoms with van der Waals surface area (Å²) < 4.78 is 5.35. The summed E-state index contributed by atoms with van der Waals surface area (Å²) in [7, 11) is 0. The molecule has 1 unspecified atom stereocenters. The number of rotatable bonds is 7. The van der Waals surface area contributed by atoms with Crippen molar-refractivity contribution in [2.45, 2.75) is 32.9 Å². The van der Waals surface area contributed by atoms with Crippen molar-refractivity contribution in [3.8, 4) is 5.75 Å². The fraction of sp³-hybridized carbons (Fsp3) is 0.429. The number of nitro benzene ring substituents is 1. The molecule has 1 aromatic carbocycles. The van der Waals surface area contributed by atoms with Crippen LogP contribution in [0.25, 0.3) is 0 Å². The maximum Gasteiger partial charge on any atom is 0.323 e. The van der Waals surface area contributed by atoms with Crippen molar-refractivity contribution in [2.75, 3.05) is 6.54 Å². The van der Waals surface area contributed by atoms with Crippen LogP contribution in [0.2, 0.25) is 5.02 Å². The molecular weight excluding hydrogens is 328 g/mol. The van der Waals surface area contributed by atoms with E-state index < -0.39 is 29.4 Å². The van der Waals surface area contributed by atoms with Gasteiger partial charge in [-0.05, 0) is 32.9 Å². The first-order valence-electron chi connectivity index (χ1n) is 6.76. The Hall–Kier alpha value is -2.35. The van der Waals surface area contributed by atoms with Crippen molar-refractivity contribution in [1.29, 1.82) is 0 Å². The van der Waals surface area contributed by atoms with E-state index in [9.17, 15) is 19.7 Å². The lowest BCUT2D eigenvalue weighted by molar-refractivity contribution is -0.386. The zero-order valence-electron chi connectivity index (χ0n) is 12.9. The normalized spacial score (nSPS) is 11.9. The lowest BCUT2D eigenvalue weighted by Gasteiger charge is -2.27. The van der Waals surface area contributed by atoms with Crippen LogP contribution in [-0.2, 0) is 9.59 Å². The van der Waals surface area contributed by atoms with Crippen LogP contribution in [0.3, 0.4) is 0 Å². The smallest absolute Gasteiger partial charge is 0.323 e. The average Bonchev–Trinajstić information content (AvgIpc) is 2.45. The second kappa shape index (κ2) is 7.77. The molecule has 1 atom stereocenters. The van der Waals surface area contributed by atoms with Crippen LogP contribution in [0.1, 0.15) is 20.8 Å². The van der Waals surface area contributed by atoms with Crippen LogP contribution >= 0.6 is 11.6 Å². The van der Waals surface area contributed by atoms with Crippen LogP contribution in [0, 0.1) is 10.1 Å². The fourth-order valence-corrected chi connectivity index (χ4v) is 2.03. The third-order valence-corrected chi connectivity index (χ3v) is 3.22. The third-order valence-electron chi connectivity index (χ3n) is 2.98. The Labute approximate surface area is 137 Å². The Balaban J connectivity index is 2.98. The zero-order valence-corrected chi connectivity index (χ0v) is 13.6. The molecule has 0 aliphatic heterocycles. The van der Waals surface area contributed by atoms with Crippen molar-refractivity contribution in [2.24, 2.45) is 0 Å². The highest BCUT2D eigenvalue weighted by Crippen LogP contribution is 2.30. The molecule has 1 N–H and O–H groups in total. The van der Waals surface area contributed by atoms with Gasteiger partial charge < -0.3 is 14.7 Å². The van der Waals surface area contributed by atoms with Gasteiger partial charge in [0, 0.05) is 17.1 Å². The number of ether oxygens (including phenoxy) is 1. The molecule has 0 aliphatic rings. The molecule has 0 radical (unpaired) electrons. The van der Waals surface area contributed by atoms with Crippen molar-refractivity contribution in [3.63, 3.8) is 0 Å². The molecule has 0 fully saturated rings. The Morgan fingerprint density at radius 3 is 2.48 bits per heavy atom. The first kappa shape index (κ1) is 18.7. The van der Waals surface area contributed by atoms with Crippen LogP contribution in [0.15, 0.2) is 18.2 Å². The molecule has 1 aromatic rings. The fourth-order valence-electron chi connectivity index (χ4n) is 1.87. The second-order valence-corrected chi connectivity index (χ2v) is 5.52. The molecule has 0 saturated carbocycles. The van der Waals surface area contributed by atoms with Gasteiger partial charge in [-0.15, -0.1) is 0 Å². The number of carboxylic acid groups (broad SMARTS) is 1. The molecule has 0 saturated heterocycles. The minimum Gasteiger partial charge on any atom is -0.480 e. The molecule has 23 heavy (non-hydrogen) atoms. The number of aliphatic carboxylic acids is 1. The minimum absolute atomic E-state index is 0.112. The molecule has 0 spiro atoms. The van der Waals surface area contributed by atoms with Crippen molar-refractivity contribution in [3.05, 3.63) is 33.3 Å². The van der Waals surface area contributed by atoms with Crippen molar-refractivity contribution >= 4 is 29.2 Å². The first-order chi connectivity index (χ1) is 10.6. The van der Waals surface area contributed by atoms with Gasteiger partial charge in [0.15, 0.2) is 11.9 Å². The number of nitrogens with zero attached hydrogens (tertiary/aromatic N) is 2. The quantitative estimate of drug-likeness (QED) is 0.600. The van der Waals surface area contributed by atoms with E-state index in [1.165, 1.54) is 19.1 Å². The zero-order chi connectivity index (χ0) is 17.7. The average molecular weight is 345 g/mol. The van der Waals surface area contributed by atoms with E-state index in [0.717, 1.165) is 11.0 Å². The predicted octanol–water partition coefficient (Wildman–Crippen LogP) is 2.34. The number of carbonyl (C=O) groups excluding carboxylic acids is 1. The van der Waals surface area contributed by atoms with E-state index in [1.54, 1.807) is 13.8 Å². The number of amides is 1. The van der Waals surface area contributed by atoms with Crippen LogP contribution < -0.4 is 4.74 Å². The third kappa shape index (κ3) is 5.10.